The first kappa shape index (κ1) is 31.0. The summed E-state index contributed by atoms with van der Waals surface area (Å²) in [5.74, 6) is -0.681. The normalized spacial score (nSPS) is 14.1. The third-order valence-corrected chi connectivity index (χ3v) is 10.0. The van der Waals surface area contributed by atoms with Crippen molar-refractivity contribution in [3.05, 3.63) is 132 Å². The highest BCUT2D eigenvalue weighted by molar-refractivity contribution is 7.92. The zero-order chi connectivity index (χ0) is 30.9. The molecule has 0 radical (unpaired) electrons. The van der Waals surface area contributed by atoms with E-state index in [-0.39, 0.29) is 23.4 Å². The number of carbonyl (C=O) groups is 2. The number of carbonyl (C=O) groups excluding carboxylic acids is 2. The van der Waals surface area contributed by atoms with Crippen molar-refractivity contribution in [2.24, 2.45) is 0 Å². The highest BCUT2D eigenvalue weighted by Crippen LogP contribution is 2.25. The van der Waals surface area contributed by atoms with Gasteiger partial charge in [0.15, 0.2) is 0 Å². The van der Waals surface area contributed by atoms with Crippen LogP contribution in [0.1, 0.15) is 42.4 Å². The number of hydrogen-bond acceptors (Lipinski definition) is 4. The van der Waals surface area contributed by atoms with Crippen LogP contribution in [-0.2, 0) is 32.6 Å². The molecule has 5 rings (SSSR count). The molecular weight excluding hydrogens is 570 g/mol. The summed E-state index contributed by atoms with van der Waals surface area (Å²) in [4.78, 5) is 30.2. The molecule has 1 N–H and O–H groups in total. The Morgan fingerprint density at radius 3 is 2.00 bits per heavy atom. The predicted octanol–water partition coefficient (Wildman–Crippen LogP) is 5.89. The maximum Gasteiger partial charge on any atom is 0.264 e. The van der Waals surface area contributed by atoms with Crippen molar-refractivity contribution in [2.45, 2.75) is 62.6 Å². The van der Waals surface area contributed by atoms with Crippen LogP contribution in [0.3, 0.4) is 0 Å². The zero-order valence-electron chi connectivity index (χ0n) is 25.0. The molecule has 0 bridgehead atoms. The summed E-state index contributed by atoms with van der Waals surface area (Å²) >= 11 is 0. The molecule has 1 aliphatic carbocycles. The van der Waals surface area contributed by atoms with Gasteiger partial charge in [0.1, 0.15) is 12.6 Å². The molecule has 4 aromatic rings. The van der Waals surface area contributed by atoms with Crippen molar-refractivity contribution >= 4 is 27.5 Å². The lowest BCUT2D eigenvalue weighted by Crippen LogP contribution is -2.54. The van der Waals surface area contributed by atoms with E-state index in [0.29, 0.717) is 12.1 Å². The van der Waals surface area contributed by atoms with Gasteiger partial charge in [-0.3, -0.25) is 13.9 Å². The summed E-state index contributed by atoms with van der Waals surface area (Å²) < 4.78 is 29.2. The van der Waals surface area contributed by atoms with Gasteiger partial charge < -0.3 is 10.2 Å². The fraction of sp³-hybridized carbons (Fsp3) is 0.278. The Balaban J connectivity index is 1.55. The number of benzene rings is 4. The van der Waals surface area contributed by atoms with Gasteiger partial charge in [-0.2, -0.15) is 0 Å². The van der Waals surface area contributed by atoms with E-state index in [1.807, 2.05) is 61.5 Å². The molecule has 0 aromatic heterocycles. The smallest absolute Gasteiger partial charge is 0.264 e. The van der Waals surface area contributed by atoms with Crippen LogP contribution in [0.15, 0.2) is 120 Å². The number of amides is 2. The quantitative estimate of drug-likeness (QED) is 0.217. The molecule has 8 heteroatoms. The number of nitrogens with one attached hydrogen (secondary N) is 1. The molecule has 0 heterocycles. The third-order valence-electron chi connectivity index (χ3n) is 8.23. The first-order valence-corrected chi connectivity index (χ1v) is 16.6. The van der Waals surface area contributed by atoms with Crippen LogP contribution in [0.5, 0.6) is 0 Å². The standard InChI is InChI=1S/C36H39N3O4S/c1-28-15-11-12-18-30(28)26-38(34(25-29-16-5-2-6-17-29)36(41)37-31-19-13-14-20-31)35(40)27-39(32-21-7-3-8-22-32)44(42,43)33-23-9-4-10-24-33/h2-12,15-18,21-24,31,34H,13-14,19-20,25-27H2,1H3,(H,37,41)/t34-/m1/s1. The van der Waals surface area contributed by atoms with E-state index in [9.17, 15) is 18.0 Å². The first-order chi connectivity index (χ1) is 21.3. The molecule has 44 heavy (non-hydrogen) atoms. The van der Waals surface area contributed by atoms with Crippen LogP contribution < -0.4 is 9.62 Å². The minimum absolute atomic E-state index is 0.0652. The van der Waals surface area contributed by atoms with Crippen LogP contribution in [0, 0.1) is 6.92 Å². The summed E-state index contributed by atoms with van der Waals surface area (Å²) in [6, 6.07) is 33.4. The van der Waals surface area contributed by atoms with Crippen LogP contribution in [0.2, 0.25) is 0 Å². The van der Waals surface area contributed by atoms with Crippen LogP contribution in [-0.4, -0.2) is 43.8 Å². The Bertz CT molecular complexity index is 1640. The van der Waals surface area contributed by atoms with Crippen LogP contribution >= 0.6 is 0 Å². The summed E-state index contributed by atoms with van der Waals surface area (Å²) in [7, 11) is -4.10. The number of sulfonamides is 1. The topological polar surface area (TPSA) is 86.8 Å². The third kappa shape index (κ3) is 7.55. The Labute approximate surface area is 260 Å². The van der Waals surface area contributed by atoms with Crippen molar-refractivity contribution in [3.63, 3.8) is 0 Å². The Kier molecular flexibility index (Phi) is 10.1. The first-order valence-electron chi connectivity index (χ1n) is 15.1. The van der Waals surface area contributed by atoms with Crippen molar-refractivity contribution in [3.8, 4) is 0 Å². The maximum atomic E-state index is 14.5. The zero-order valence-corrected chi connectivity index (χ0v) is 25.8. The van der Waals surface area contributed by atoms with Gasteiger partial charge in [0.2, 0.25) is 11.8 Å². The van der Waals surface area contributed by atoms with Gasteiger partial charge in [0.25, 0.3) is 10.0 Å². The SMILES string of the molecule is Cc1ccccc1CN(C(=O)CN(c1ccccc1)S(=O)(=O)c1ccccc1)[C@H](Cc1ccccc1)C(=O)NC1CCCC1. The number of aryl methyl sites for hydroxylation is 1. The second kappa shape index (κ2) is 14.4. The molecule has 1 atom stereocenters. The van der Waals surface area contributed by atoms with E-state index >= 15 is 0 Å². The lowest BCUT2D eigenvalue weighted by molar-refractivity contribution is -0.140. The molecule has 1 saturated carbocycles. The molecule has 1 aliphatic rings. The minimum atomic E-state index is -4.10. The van der Waals surface area contributed by atoms with E-state index in [1.54, 1.807) is 53.4 Å². The summed E-state index contributed by atoms with van der Waals surface area (Å²) in [6.07, 6.45) is 4.24. The highest BCUT2D eigenvalue weighted by atomic mass is 32.2. The van der Waals surface area contributed by atoms with Gasteiger partial charge in [0.05, 0.1) is 10.6 Å². The fourth-order valence-electron chi connectivity index (χ4n) is 5.74. The van der Waals surface area contributed by atoms with Crippen molar-refractivity contribution in [1.82, 2.24) is 10.2 Å². The van der Waals surface area contributed by atoms with Crippen LogP contribution in [0.4, 0.5) is 5.69 Å². The number of nitrogens with zero attached hydrogens (tertiary/aromatic N) is 2. The van der Waals surface area contributed by atoms with Gasteiger partial charge in [0, 0.05) is 19.0 Å². The molecule has 0 unspecified atom stereocenters. The van der Waals surface area contributed by atoms with Crippen molar-refractivity contribution < 1.29 is 18.0 Å². The summed E-state index contributed by atoms with van der Waals surface area (Å²) in [6.45, 7) is 1.67. The fourth-order valence-corrected chi connectivity index (χ4v) is 7.17. The monoisotopic (exact) mass is 609 g/mol. The average molecular weight is 610 g/mol. The van der Waals surface area contributed by atoms with Gasteiger partial charge in [-0.1, -0.05) is 104 Å². The van der Waals surface area contributed by atoms with Crippen molar-refractivity contribution in [1.29, 1.82) is 0 Å². The lowest BCUT2D eigenvalue weighted by Gasteiger charge is -2.34. The molecule has 4 aromatic carbocycles. The molecule has 1 fully saturated rings. The lowest BCUT2D eigenvalue weighted by atomic mass is 10.0. The van der Waals surface area contributed by atoms with Gasteiger partial charge >= 0.3 is 0 Å². The second-order valence-corrected chi connectivity index (χ2v) is 13.2. The minimum Gasteiger partial charge on any atom is -0.352 e. The highest BCUT2D eigenvalue weighted by Gasteiger charge is 2.35. The molecule has 0 saturated heterocycles. The van der Waals surface area contributed by atoms with E-state index in [4.69, 9.17) is 0 Å². The number of hydrogen-bond donors (Lipinski definition) is 1. The van der Waals surface area contributed by atoms with E-state index in [1.165, 1.54) is 12.1 Å². The Morgan fingerprint density at radius 1 is 0.795 bits per heavy atom. The molecule has 2 amide bonds. The second-order valence-electron chi connectivity index (χ2n) is 11.3. The maximum absolute atomic E-state index is 14.5. The van der Waals surface area contributed by atoms with Crippen molar-refractivity contribution in [2.75, 3.05) is 10.8 Å². The predicted molar refractivity (Wildman–Crippen MR) is 173 cm³/mol. The molecule has 7 nitrogen and oxygen atoms in total. The molecule has 0 spiro atoms. The average Bonchev–Trinajstić information content (AvgIpc) is 3.56. The van der Waals surface area contributed by atoms with E-state index < -0.39 is 28.5 Å². The molecular formula is C36H39N3O4S. The molecule has 0 aliphatic heterocycles. The Hall–Kier alpha value is -4.43. The van der Waals surface area contributed by atoms with Crippen LogP contribution in [0.25, 0.3) is 0 Å². The summed E-state index contributed by atoms with van der Waals surface area (Å²) in [5, 5.41) is 3.21. The molecule has 228 valence electrons. The summed E-state index contributed by atoms with van der Waals surface area (Å²) in [5.41, 5.74) is 3.16. The van der Waals surface area contributed by atoms with E-state index in [2.05, 4.69) is 5.32 Å². The van der Waals surface area contributed by atoms with Gasteiger partial charge in [-0.25, -0.2) is 8.42 Å². The number of rotatable bonds is 12. The van der Waals surface area contributed by atoms with Gasteiger partial charge in [-0.15, -0.1) is 0 Å². The van der Waals surface area contributed by atoms with Gasteiger partial charge in [-0.05, 0) is 60.7 Å². The Morgan fingerprint density at radius 2 is 1.36 bits per heavy atom. The van der Waals surface area contributed by atoms with E-state index in [0.717, 1.165) is 46.7 Å². The number of anilines is 1. The largest absolute Gasteiger partial charge is 0.352 e. The number of para-hydroxylation sites is 1.